The van der Waals surface area contributed by atoms with Gasteiger partial charge in [-0.3, -0.25) is 13.6 Å². The SMILES string of the molecule is COc1ccc(Oc2cc(NCCC(F)(F)F)c3ncc(-c4ccc(C(=O)C[C@H]5C[C@@H]5C)c(C)c4)n3c2)cc1F.COc1ccc(Oc2cc(NCCC(F)(F)F)c3ncc(-c4ccc(C(=O)O)c(C)c4)n3c2)cc1F. The van der Waals surface area contributed by atoms with E-state index in [0.29, 0.717) is 63.3 Å². The molecule has 4 aromatic heterocycles. The number of aromatic carboxylic acids is 1. The molecular weight excluding hydrogens is 1010 g/mol. The highest BCUT2D eigenvalue weighted by atomic mass is 19.4. The monoisotopic (exact) mass is 1060 g/mol. The van der Waals surface area contributed by atoms with Crippen molar-refractivity contribution in [3.63, 3.8) is 0 Å². The van der Waals surface area contributed by atoms with Gasteiger partial charge >= 0.3 is 18.3 Å². The molecule has 0 amide bonds. The first-order chi connectivity index (χ1) is 36.1. The van der Waals surface area contributed by atoms with Crippen LogP contribution in [-0.4, -0.2) is 75.3 Å². The lowest BCUT2D eigenvalue weighted by molar-refractivity contribution is -0.132. The van der Waals surface area contributed by atoms with Crippen molar-refractivity contribution < 1.29 is 68.8 Å². The number of pyridine rings is 2. The van der Waals surface area contributed by atoms with Crippen LogP contribution in [0.1, 0.15) is 64.4 Å². The highest BCUT2D eigenvalue weighted by molar-refractivity contribution is 5.98. The summed E-state index contributed by atoms with van der Waals surface area (Å²) in [4.78, 5) is 33.0. The van der Waals surface area contributed by atoms with E-state index in [0.717, 1.165) is 29.7 Å². The van der Waals surface area contributed by atoms with Gasteiger partial charge in [0.2, 0.25) is 0 Å². The van der Waals surface area contributed by atoms with Crippen molar-refractivity contribution in [1.29, 1.82) is 0 Å². The maximum Gasteiger partial charge on any atom is 0.390 e. The van der Waals surface area contributed by atoms with E-state index in [4.69, 9.17) is 18.9 Å². The second kappa shape index (κ2) is 22.2. The van der Waals surface area contributed by atoms with E-state index in [1.54, 1.807) is 46.4 Å². The number of carbonyl (C=O) groups is 2. The lowest BCUT2D eigenvalue weighted by atomic mass is 9.97. The number of benzene rings is 4. The summed E-state index contributed by atoms with van der Waals surface area (Å²) in [6.45, 7) is 4.93. The predicted octanol–water partition coefficient (Wildman–Crippen LogP) is 14.2. The lowest BCUT2D eigenvalue weighted by Crippen LogP contribution is -2.15. The van der Waals surface area contributed by atoms with Crippen LogP contribution in [0.25, 0.3) is 33.8 Å². The van der Waals surface area contributed by atoms with Crippen LogP contribution < -0.4 is 29.6 Å². The van der Waals surface area contributed by atoms with Crippen LogP contribution in [0.3, 0.4) is 0 Å². The summed E-state index contributed by atoms with van der Waals surface area (Å²) in [6.07, 6.45) is -2.80. The number of aryl methyl sites for hydroxylation is 2. The number of ketones is 1. The molecule has 0 unspecified atom stereocenters. The van der Waals surface area contributed by atoms with Crippen molar-refractivity contribution >= 4 is 34.4 Å². The van der Waals surface area contributed by atoms with Crippen LogP contribution in [0.15, 0.2) is 110 Å². The van der Waals surface area contributed by atoms with Crippen LogP contribution in [-0.2, 0) is 0 Å². The van der Waals surface area contributed by atoms with Crippen LogP contribution in [0.2, 0.25) is 0 Å². The van der Waals surface area contributed by atoms with Gasteiger partial charge in [-0.2, -0.15) is 26.3 Å². The normalized spacial score (nSPS) is 14.2. The minimum absolute atomic E-state index is 0.0318. The molecule has 0 aliphatic heterocycles. The number of nitrogens with one attached hydrogen (secondary N) is 2. The molecule has 8 aromatic rings. The number of carboxylic acid groups (broad SMARTS) is 1. The third-order valence-corrected chi connectivity index (χ3v) is 12.6. The van der Waals surface area contributed by atoms with Gasteiger partial charge in [0.1, 0.15) is 23.0 Å². The zero-order valence-electron chi connectivity index (χ0n) is 41.5. The molecule has 4 aromatic carbocycles. The Morgan fingerprint density at radius 3 is 1.45 bits per heavy atom. The highest BCUT2D eigenvalue weighted by Crippen LogP contribution is 2.42. The Labute approximate surface area is 430 Å². The predicted molar refractivity (Wildman–Crippen MR) is 268 cm³/mol. The van der Waals surface area contributed by atoms with Gasteiger partial charge in [-0.05, 0) is 85.7 Å². The molecule has 1 aliphatic carbocycles. The van der Waals surface area contributed by atoms with Crippen molar-refractivity contribution in [2.75, 3.05) is 37.9 Å². The van der Waals surface area contributed by atoms with Crippen molar-refractivity contribution in [1.82, 2.24) is 18.8 Å². The minimum Gasteiger partial charge on any atom is -0.494 e. The molecule has 0 bridgehead atoms. The van der Waals surface area contributed by atoms with E-state index in [9.17, 15) is 49.8 Å². The number of imidazole rings is 2. The van der Waals surface area contributed by atoms with Gasteiger partial charge in [-0.1, -0.05) is 25.1 Å². The van der Waals surface area contributed by atoms with Gasteiger partial charge in [0.15, 0.2) is 40.2 Å². The summed E-state index contributed by atoms with van der Waals surface area (Å²) >= 11 is 0. The van der Waals surface area contributed by atoms with Crippen molar-refractivity contribution in [3.8, 4) is 57.0 Å². The maximum absolute atomic E-state index is 14.3. The number of hydrogen-bond donors (Lipinski definition) is 3. The van der Waals surface area contributed by atoms with Gasteiger partial charge < -0.3 is 34.7 Å². The van der Waals surface area contributed by atoms with E-state index in [-0.39, 0.29) is 58.1 Å². The molecule has 0 spiro atoms. The minimum atomic E-state index is -4.35. The Morgan fingerprint density at radius 2 is 1.08 bits per heavy atom. The number of ether oxygens (including phenoxy) is 4. The summed E-state index contributed by atoms with van der Waals surface area (Å²) in [5.41, 5.74) is 6.12. The van der Waals surface area contributed by atoms with Crippen LogP contribution in [0.5, 0.6) is 34.5 Å². The van der Waals surface area contributed by atoms with Gasteiger partial charge in [0.05, 0.1) is 80.2 Å². The van der Waals surface area contributed by atoms with Crippen molar-refractivity contribution in [2.45, 2.75) is 58.8 Å². The Kier molecular flexibility index (Phi) is 15.8. The first kappa shape index (κ1) is 53.9. The number of carboxylic acids is 1. The number of anilines is 2. The largest absolute Gasteiger partial charge is 0.494 e. The molecule has 1 fully saturated rings. The van der Waals surface area contributed by atoms with Gasteiger partial charge in [0.25, 0.3) is 0 Å². The molecule has 0 saturated heterocycles. The Hall–Kier alpha value is -8.36. The zero-order valence-corrected chi connectivity index (χ0v) is 41.5. The fraction of sp³-hybridized carbons (Fsp3) is 0.273. The quantitative estimate of drug-likeness (QED) is 0.0557. The zero-order chi connectivity index (χ0) is 54.6. The Morgan fingerprint density at radius 1 is 0.645 bits per heavy atom. The molecule has 3 N–H and O–H groups in total. The number of nitrogens with zero attached hydrogens (tertiary/aromatic N) is 4. The second-order valence-electron chi connectivity index (χ2n) is 18.2. The third-order valence-electron chi connectivity index (χ3n) is 12.6. The topological polar surface area (TPSA) is 150 Å². The molecule has 4 heterocycles. The molecule has 9 rings (SSSR count). The summed E-state index contributed by atoms with van der Waals surface area (Å²) in [6, 6.07) is 21.4. The summed E-state index contributed by atoms with van der Waals surface area (Å²) in [7, 11) is 2.68. The fourth-order valence-corrected chi connectivity index (χ4v) is 8.52. The number of carbonyl (C=O) groups excluding carboxylic acids is 1. The smallest absolute Gasteiger partial charge is 0.390 e. The number of rotatable bonds is 18. The molecule has 2 atom stereocenters. The molecule has 21 heteroatoms. The van der Waals surface area contributed by atoms with Crippen molar-refractivity contribution in [2.24, 2.45) is 11.8 Å². The van der Waals surface area contributed by atoms with E-state index < -0.39 is 49.3 Å². The lowest BCUT2D eigenvalue weighted by Gasteiger charge is -2.14. The average molecular weight is 1060 g/mol. The number of alkyl halides is 6. The summed E-state index contributed by atoms with van der Waals surface area (Å²) in [5, 5.41) is 14.9. The van der Waals surface area contributed by atoms with Crippen LogP contribution in [0, 0.1) is 37.3 Å². The molecule has 0 radical (unpaired) electrons. The van der Waals surface area contributed by atoms with E-state index >= 15 is 0 Å². The first-order valence-corrected chi connectivity index (χ1v) is 23.7. The van der Waals surface area contributed by atoms with Gasteiger partial charge in [0, 0.05) is 60.5 Å². The fourth-order valence-electron chi connectivity index (χ4n) is 8.52. The number of halogens is 8. The average Bonchev–Trinajstić information content (AvgIpc) is 3.65. The van der Waals surface area contributed by atoms with Gasteiger partial charge in [-0.15, -0.1) is 0 Å². The number of aromatic nitrogens is 4. The molecule has 13 nitrogen and oxygen atoms in total. The number of hydrogen-bond acceptors (Lipinski definition) is 10. The second-order valence-corrected chi connectivity index (χ2v) is 18.2. The Balaban J connectivity index is 0.000000203. The molecule has 1 aliphatic rings. The molecule has 398 valence electrons. The number of methoxy groups -OCH3 is 2. The van der Waals surface area contributed by atoms with Gasteiger partial charge in [-0.25, -0.2) is 23.5 Å². The number of fused-ring (bicyclic) bond motifs is 2. The van der Waals surface area contributed by atoms with Crippen LogP contribution in [0.4, 0.5) is 46.5 Å². The number of Topliss-reactive ketones (excluding diaryl/α,β-unsaturated/α-hetero) is 1. The molecule has 1 saturated carbocycles. The summed E-state index contributed by atoms with van der Waals surface area (Å²) in [5.74, 6) is -0.272. The van der Waals surface area contributed by atoms with E-state index in [2.05, 4.69) is 27.5 Å². The summed E-state index contributed by atoms with van der Waals surface area (Å²) < 4.78 is 130. The Bertz CT molecular complexity index is 3450. The molecule has 76 heavy (non-hydrogen) atoms. The van der Waals surface area contributed by atoms with E-state index in [1.165, 1.54) is 62.9 Å². The standard InChI is InChI=1S/C30H29F4N3O3.C25H21F4N3O4/c1-17-10-20(17)12-27(38)23-6-4-19(11-18(23)2)26-15-36-29-25(35-9-8-30(32,33)34)14-22(16-37(26)29)40-21-5-7-28(39-3)24(31)13-21;1-14-9-15(3-5-18(14)24(33)34)21-12-31-23-20(30-8-7-25(27,28)29)11-17(13-32(21)23)36-16-4-6-22(35-2)19(26)10-16/h4-7,11,13-17,20,35H,8-10,12H2,1-3H3;3-6,9-13,30H,7-8H2,1-2H3,(H,33,34)/t17-,20+;/m0./s1. The van der Waals surface area contributed by atoms with Crippen LogP contribution >= 0.6 is 0 Å². The maximum atomic E-state index is 14.3. The first-order valence-electron chi connectivity index (χ1n) is 23.7. The third kappa shape index (κ3) is 12.9. The van der Waals surface area contributed by atoms with Crippen molar-refractivity contribution in [3.05, 3.63) is 144 Å². The van der Waals surface area contributed by atoms with E-state index in [1.807, 2.05) is 25.1 Å². The molecular formula is C55H50F8N6O7. The highest BCUT2D eigenvalue weighted by Gasteiger charge is 2.35.